The first-order valence-corrected chi connectivity index (χ1v) is 5.59. The van der Waals surface area contributed by atoms with E-state index in [1.165, 1.54) is 22.1 Å². The minimum atomic E-state index is 1.25. The first kappa shape index (κ1) is 10.3. The summed E-state index contributed by atoms with van der Waals surface area (Å²) in [6.45, 7) is 6.37. The fraction of sp³-hybridized carbons (Fsp3) is 0.333. The van der Waals surface area contributed by atoms with E-state index in [1.54, 1.807) is 11.3 Å². The summed E-state index contributed by atoms with van der Waals surface area (Å²) < 4.78 is 1.38. The maximum Gasteiger partial charge on any atom is 0.0342 e. The van der Waals surface area contributed by atoms with Crippen molar-refractivity contribution < 1.29 is 0 Å². The second kappa shape index (κ2) is 5.03. The van der Waals surface area contributed by atoms with E-state index in [0.717, 1.165) is 0 Å². The highest BCUT2D eigenvalue weighted by Crippen LogP contribution is 2.20. The third kappa shape index (κ3) is 2.85. The van der Waals surface area contributed by atoms with Crippen LogP contribution in [0.5, 0.6) is 0 Å². The van der Waals surface area contributed by atoms with Crippen molar-refractivity contribution in [2.24, 2.45) is 0 Å². The zero-order valence-corrected chi connectivity index (χ0v) is 9.32. The van der Waals surface area contributed by atoms with Gasteiger partial charge in [0, 0.05) is 4.70 Å². The minimum Gasteiger partial charge on any atom is -0.144 e. The average molecular weight is 192 g/mol. The smallest absolute Gasteiger partial charge is 0.0342 e. The third-order valence-electron chi connectivity index (χ3n) is 1.61. The first-order valence-electron chi connectivity index (χ1n) is 4.71. The molecule has 2 rings (SSSR count). The number of thiophene rings is 1. The Morgan fingerprint density at radius 2 is 1.85 bits per heavy atom. The molecule has 2 aromatic rings. The molecule has 1 aromatic heterocycles. The lowest BCUT2D eigenvalue weighted by Gasteiger charge is -1.89. The van der Waals surface area contributed by atoms with Gasteiger partial charge in [0.1, 0.15) is 0 Å². The Labute approximate surface area is 84.2 Å². The van der Waals surface area contributed by atoms with Crippen LogP contribution in [0.2, 0.25) is 0 Å². The van der Waals surface area contributed by atoms with E-state index in [9.17, 15) is 0 Å². The molecule has 0 nitrogen and oxygen atoms in total. The summed E-state index contributed by atoms with van der Waals surface area (Å²) in [6.07, 6.45) is 1.25. The Balaban J connectivity index is 0.000000251. The van der Waals surface area contributed by atoms with Gasteiger partial charge in [-0.25, -0.2) is 0 Å². The SMILES string of the molecule is CCC.Cc1ccc2sccc2c1. The van der Waals surface area contributed by atoms with Crippen molar-refractivity contribution in [2.45, 2.75) is 27.2 Å². The van der Waals surface area contributed by atoms with Crippen molar-refractivity contribution in [3.8, 4) is 0 Å². The number of hydrogen-bond acceptors (Lipinski definition) is 1. The van der Waals surface area contributed by atoms with Crippen LogP contribution in [0, 0.1) is 6.92 Å². The van der Waals surface area contributed by atoms with Gasteiger partial charge in [-0.3, -0.25) is 0 Å². The fourth-order valence-electron chi connectivity index (χ4n) is 1.09. The Kier molecular flexibility index (Phi) is 3.97. The summed E-state index contributed by atoms with van der Waals surface area (Å²) in [7, 11) is 0. The molecule has 0 radical (unpaired) electrons. The summed E-state index contributed by atoms with van der Waals surface area (Å²) in [5.41, 5.74) is 1.34. The monoisotopic (exact) mass is 192 g/mol. The van der Waals surface area contributed by atoms with Gasteiger partial charge < -0.3 is 0 Å². The molecule has 13 heavy (non-hydrogen) atoms. The highest BCUT2D eigenvalue weighted by Gasteiger charge is 1.91. The van der Waals surface area contributed by atoms with Crippen LogP contribution >= 0.6 is 11.3 Å². The van der Waals surface area contributed by atoms with Crippen LogP contribution in [0.15, 0.2) is 29.6 Å². The second-order valence-corrected chi connectivity index (χ2v) is 4.12. The van der Waals surface area contributed by atoms with Gasteiger partial charge >= 0.3 is 0 Å². The number of hydrogen-bond donors (Lipinski definition) is 0. The van der Waals surface area contributed by atoms with E-state index >= 15 is 0 Å². The predicted octanol–water partition coefficient (Wildman–Crippen LogP) is 4.63. The van der Waals surface area contributed by atoms with Crippen LogP contribution in [-0.4, -0.2) is 0 Å². The summed E-state index contributed by atoms with van der Waals surface area (Å²) in [5.74, 6) is 0. The molecule has 1 aromatic carbocycles. The Bertz CT molecular complexity index is 360. The maximum absolute atomic E-state index is 2.21. The van der Waals surface area contributed by atoms with Crippen LogP contribution in [0.4, 0.5) is 0 Å². The molecule has 0 aliphatic carbocycles. The zero-order chi connectivity index (χ0) is 9.68. The van der Waals surface area contributed by atoms with Gasteiger partial charge in [0.05, 0.1) is 0 Å². The molecule has 0 aliphatic rings. The number of aryl methyl sites for hydroxylation is 1. The fourth-order valence-corrected chi connectivity index (χ4v) is 1.86. The number of fused-ring (bicyclic) bond motifs is 1. The van der Waals surface area contributed by atoms with Gasteiger partial charge in [-0.1, -0.05) is 38.0 Å². The van der Waals surface area contributed by atoms with E-state index in [-0.39, 0.29) is 0 Å². The molecule has 70 valence electrons. The van der Waals surface area contributed by atoms with E-state index < -0.39 is 0 Å². The molecule has 0 spiro atoms. The summed E-state index contributed by atoms with van der Waals surface area (Å²) in [6, 6.07) is 8.70. The van der Waals surface area contributed by atoms with E-state index in [4.69, 9.17) is 0 Å². The highest BCUT2D eigenvalue weighted by atomic mass is 32.1. The van der Waals surface area contributed by atoms with Crippen molar-refractivity contribution in [3.63, 3.8) is 0 Å². The topological polar surface area (TPSA) is 0 Å². The third-order valence-corrected chi connectivity index (χ3v) is 2.51. The van der Waals surface area contributed by atoms with Crippen LogP contribution in [0.3, 0.4) is 0 Å². The minimum absolute atomic E-state index is 1.25. The Hall–Kier alpha value is -0.820. The first-order chi connectivity index (χ1) is 6.27. The van der Waals surface area contributed by atoms with Gasteiger partial charge in [0.15, 0.2) is 0 Å². The Morgan fingerprint density at radius 3 is 2.54 bits per heavy atom. The van der Waals surface area contributed by atoms with Gasteiger partial charge in [-0.2, -0.15) is 0 Å². The largest absolute Gasteiger partial charge is 0.144 e. The molecule has 0 amide bonds. The summed E-state index contributed by atoms with van der Waals surface area (Å²) in [5, 5.41) is 3.49. The van der Waals surface area contributed by atoms with Crippen LogP contribution in [0.25, 0.3) is 10.1 Å². The van der Waals surface area contributed by atoms with Crippen molar-refractivity contribution >= 4 is 21.4 Å². The molecule has 0 aliphatic heterocycles. The van der Waals surface area contributed by atoms with Gasteiger partial charge in [0.2, 0.25) is 0 Å². The lowest BCUT2D eigenvalue weighted by atomic mass is 10.2. The standard InChI is InChI=1S/C9H8S.C3H8/c1-7-2-3-9-8(6-7)4-5-10-9;1-3-2/h2-6H,1H3;3H2,1-2H3. The van der Waals surface area contributed by atoms with Crippen molar-refractivity contribution in [3.05, 3.63) is 35.2 Å². The van der Waals surface area contributed by atoms with Crippen molar-refractivity contribution in [1.29, 1.82) is 0 Å². The Morgan fingerprint density at radius 1 is 1.15 bits per heavy atom. The maximum atomic E-state index is 2.21. The number of benzene rings is 1. The molecule has 0 atom stereocenters. The van der Waals surface area contributed by atoms with E-state index in [1.807, 2.05) is 0 Å². The second-order valence-electron chi connectivity index (χ2n) is 3.17. The van der Waals surface area contributed by atoms with Gasteiger partial charge in [0.25, 0.3) is 0 Å². The zero-order valence-electron chi connectivity index (χ0n) is 8.50. The van der Waals surface area contributed by atoms with Crippen LogP contribution in [-0.2, 0) is 0 Å². The molecule has 0 saturated carbocycles. The molecule has 0 unspecified atom stereocenters. The van der Waals surface area contributed by atoms with Gasteiger partial charge in [-0.15, -0.1) is 11.3 Å². The molecule has 1 heteroatoms. The predicted molar refractivity (Wildman–Crippen MR) is 62.5 cm³/mol. The highest BCUT2D eigenvalue weighted by molar-refractivity contribution is 7.17. The molecule has 0 saturated heterocycles. The molecular formula is C12H16S. The summed E-state index contributed by atoms with van der Waals surface area (Å²) >= 11 is 1.80. The normalized spacial score (nSPS) is 9.46. The lowest BCUT2D eigenvalue weighted by molar-refractivity contribution is 1.09. The molecular weight excluding hydrogens is 176 g/mol. The van der Waals surface area contributed by atoms with Crippen LogP contribution < -0.4 is 0 Å². The molecule has 1 heterocycles. The molecule has 0 bridgehead atoms. The van der Waals surface area contributed by atoms with Crippen molar-refractivity contribution in [1.82, 2.24) is 0 Å². The van der Waals surface area contributed by atoms with Crippen LogP contribution in [0.1, 0.15) is 25.8 Å². The molecule has 0 fully saturated rings. The van der Waals surface area contributed by atoms with Crippen molar-refractivity contribution in [2.75, 3.05) is 0 Å². The lowest BCUT2D eigenvalue weighted by Crippen LogP contribution is -1.67. The van der Waals surface area contributed by atoms with E-state index in [2.05, 4.69) is 50.4 Å². The average Bonchev–Trinajstić information content (AvgIpc) is 2.52. The van der Waals surface area contributed by atoms with E-state index in [0.29, 0.717) is 0 Å². The number of rotatable bonds is 0. The summed E-state index contributed by atoms with van der Waals surface area (Å²) in [4.78, 5) is 0. The quantitative estimate of drug-likeness (QED) is 0.571. The molecule has 0 N–H and O–H groups in total. The van der Waals surface area contributed by atoms with Gasteiger partial charge in [-0.05, 0) is 29.8 Å².